The molecule has 0 amide bonds. The molecule has 1 aromatic rings. The van der Waals surface area contributed by atoms with Gasteiger partial charge in [0.2, 0.25) is 0 Å². The Morgan fingerprint density at radius 2 is 2.11 bits per heavy atom. The van der Waals surface area contributed by atoms with Gasteiger partial charge in [-0.1, -0.05) is 33.1 Å². The first-order chi connectivity index (χ1) is 9.31. The maximum atomic E-state index is 6.00. The van der Waals surface area contributed by atoms with Gasteiger partial charge in [-0.25, -0.2) is 0 Å². The van der Waals surface area contributed by atoms with Gasteiger partial charge in [-0.2, -0.15) is 0 Å². The number of hydrogen-bond acceptors (Lipinski definition) is 3. The van der Waals surface area contributed by atoms with E-state index < -0.39 is 0 Å². The van der Waals surface area contributed by atoms with Crippen molar-refractivity contribution in [3.05, 3.63) is 23.7 Å². The van der Waals surface area contributed by atoms with E-state index in [0.717, 1.165) is 30.5 Å². The zero-order chi connectivity index (χ0) is 13.5. The molecule has 108 valence electrons. The van der Waals surface area contributed by atoms with E-state index in [4.69, 9.17) is 9.15 Å². The second-order valence-electron chi connectivity index (χ2n) is 5.52. The first kappa shape index (κ1) is 14.6. The molecule has 1 fully saturated rings. The number of rotatable bonds is 7. The molecule has 1 aliphatic carbocycles. The van der Waals surface area contributed by atoms with Gasteiger partial charge in [-0.3, -0.25) is 0 Å². The summed E-state index contributed by atoms with van der Waals surface area (Å²) in [7, 11) is 0. The van der Waals surface area contributed by atoms with Crippen molar-refractivity contribution in [1.82, 2.24) is 5.32 Å². The largest absolute Gasteiger partial charge is 0.462 e. The molecule has 1 aliphatic rings. The Morgan fingerprint density at radius 3 is 2.89 bits per heavy atom. The quantitative estimate of drug-likeness (QED) is 0.812. The van der Waals surface area contributed by atoms with Gasteiger partial charge in [0.15, 0.2) is 0 Å². The molecule has 3 heteroatoms. The minimum atomic E-state index is 0.431. The Kier molecular flexibility index (Phi) is 5.93. The normalized spacial score (nSPS) is 23.7. The van der Waals surface area contributed by atoms with E-state index in [-0.39, 0.29) is 0 Å². The molecule has 2 atom stereocenters. The topological polar surface area (TPSA) is 34.4 Å². The second-order valence-corrected chi connectivity index (χ2v) is 5.52. The summed E-state index contributed by atoms with van der Waals surface area (Å²) in [5.74, 6) is 2.81. The minimum absolute atomic E-state index is 0.431. The molecule has 0 spiro atoms. The lowest BCUT2D eigenvalue weighted by atomic mass is 9.85. The number of nitrogens with one attached hydrogen (secondary N) is 1. The van der Waals surface area contributed by atoms with Gasteiger partial charge in [0.05, 0.1) is 12.6 Å². The first-order valence-electron chi connectivity index (χ1n) is 7.71. The van der Waals surface area contributed by atoms with E-state index in [2.05, 4.69) is 19.2 Å². The van der Waals surface area contributed by atoms with Crippen LogP contribution in [-0.2, 0) is 17.9 Å². The maximum Gasteiger partial charge on any atom is 0.129 e. The summed E-state index contributed by atoms with van der Waals surface area (Å²) in [6, 6.07) is 4.07. The monoisotopic (exact) mass is 265 g/mol. The van der Waals surface area contributed by atoms with Crippen LogP contribution in [-0.4, -0.2) is 12.6 Å². The van der Waals surface area contributed by atoms with Crippen LogP contribution in [0.4, 0.5) is 0 Å². The van der Waals surface area contributed by atoms with Crippen LogP contribution < -0.4 is 5.32 Å². The van der Waals surface area contributed by atoms with Crippen LogP contribution >= 0.6 is 0 Å². The van der Waals surface area contributed by atoms with Crippen molar-refractivity contribution >= 4 is 0 Å². The second kappa shape index (κ2) is 7.71. The Morgan fingerprint density at radius 1 is 1.26 bits per heavy atom. The maximum absolute atomic E-state index is 6.00. The fourth-order valence-electron chi connectivity index (χ4n) is 2.81. The van der Waals surface area contributed by atoms with Crippen molar-refractivity contribution in [2.45, 2.75) is 65.2 Å². The van der Waals surface area contributed by atoms with Crippen LogP contribution in [0.1, 0.15) is 57.5 Å². The smallest absolute Gasteiger partial charge is 0.129 e. The Balaban J connectivity index is 1.73. The molecule has 2 rings (SSSR count). The third kappa shape index (κ3) is 4.66. The lowest BCUT2D eigenvalue weighted by Gasteiger charge is -2.28. The van der Waals surface area contributed by atoms with Gasteiger partial charge in [0, 0.05) is 0 Å². The first-order valence-corrected chi connectivity index (χ1v) is 7.71. The van der Waals surface area contributed by atoms with E-state index in [1.54, 1.807) is 0 Å². The zero-order valence-electron chi connectivity index (χ0n) is 12.3. The summed E-state index contributed by atoms with van der Waals surface area (Å²) in [5.41, 5.74) is 0. The van der Waals surface area contributed by atoms with Gasteiger partial charge in [-0.05, 0) is 37.4 Å². The molecular formula is C16H27NO2. The molecule has 0 saturated heterocycles. The van der Waals surface area contributed by atoms with Crippen LogP contribution in [0.2, 0.25) is 0 Å². The molecule has 0 aromatic carbocycles. The molecular weight excluding hydrogens is 238 g/mol. The van der Waals surface area contributed by atoms with Crippen LogP contribution in [0.3, 0.4) is 0 Å². The molecule has 0 aliphatic heterocycles. The summed E-state index contributed by atoms with van der Waals surface area (Å²) in [6.45, 7) is 6.77. The van der Waals surface area contributed by atoms with Crippen molar-refractivity contribution in [3.8, 4) is 0 Å². The summed E-state index contributed by atoms with van der Waals surface area (Å²) in [6.07, 6.45) is 6.84. The third-order valence-corrected chi connectivity index (χ3v) is 4.04. The van der Waals surface area contributed by atoms with Gasteiger partial charge in [-0.15, -0.1) is 0 Å². The molecule has 3 nitrogen and oxygen atoms in total. The highest BCUT2D eigenvalue weighted by Crippen LogP contribution is 2.29. The van der Waals surface area contributed by atoms with Crippen LogP contribution in [0.25, 0.3) is 0 Å². The minimum Gasteiger partial charge on any atom is -0.462 e. The highest BCUT2D eigenvalue weighted by Gasteiger charge is 2.21. The van der Waals surface area contributed by atoms with Gasteiger partial charge in [0.25, 0.3) is 0 Å². The standard InChI is InChI=1S/C16H27NO2/c1-3-13-6-5-7-14(10-13)18-12-16-9-8-15(19-16)11-17-4-2/h8-9,13-14,17H,3-7,10-12H2,1-2H3. The Hall–Kier alpha value is -0.800. The van der Waals surface area contributed by atoms with Crippen molar-refractivity contribution in [2.24, 2.45) is 5.92 Å². The molecule has 19 heavy (non-hydrogen) atoms. The Bertz CT molecular complexity index is 361. The average Bonchev–Trinajstić information content (AvgIpc) is 2.91. The van der Waals surface area contributed by atoms with Gasteiger partial charge >= 0.3 is 0 Å². The van der Waals surface area contributed by atoms with E-state index in [0.29, 0.717) is 12.7 Å². The predicted molar refractivity (Wildman–Crippen MR) is 76.9 cm³/mol. The van der Waals surface area contributed by atoms with E-state index in [1.165, 1.54) is 32.1 Å². The summed E-state index contributed by atoms with van der Waals surface area (Å²) in [5, 5.41) is 3.26. The molecule has 2 unspecified atom stereocenters. The molecule has 1 N–H and O–H groups in total. The Labute approximate surface area is 116 Å². The fourth-order valence-corrected chi connectivity index (χ4v) is 2.81. The van der Waals surface area contributed by atoms with E-state index in [1.807, 2.05) is 12.1 Å². The zero-order valence-corrected chi connectivity index (χ0v) is 12.3. The molecule has 1 aromatic heterocycles. The van der Waals surface area contributed by atoms with Crippen LogP contribution in [0.15, 0.2) is 16.5 Å². The molecule has 0 bridgehead atoms. The highest BCUT2D eigenvalue weighted by molar-refractivity contribution is 5.06. The highest BCUT2D eigenvalue weighted by atomic mass is 16.5. The number of ether oxygens (including phenoxy) is 1. The molecule has 1 heterocycles. The predicted octanol–water partition coefficient (Wildman–Crippen LogP) is 3.87. The summed E-state index contributed by atoms with van der Waals surface area (Å²) >= 11 is 0. The summed E-state index contributed by atoms with van der Waals surface area (Å²) in [4.78, 5) is 0. The van der Waals surface area contributed by atoms with E-state index >= 15 is 0 Å². The number of hydrogen-bond donors (Lipinski definition) is 1. The molecule has 0 radical (unpaired) electrons. The lowest BCUT2D eigenvalue weighted by molar-refractivity contribution is -0.00568. The van der Waals surface area contributed by atoms with Crippen molar-refractivity contribution in [2.75, 3.05) is 6.54 Å². The van der Waals surface area contributed by atoms with Crippen LogP contribution in [0.5, 0.6) is 0 Å². The fraction of sp³-hybridized carbons (Fsp3) is 0.750. The third-order valence-electron chi connectivity index (χ3n) is 4.04. The van der Waals surface area contributed by atoms with Crippen molar-refractivity contribution < 1.29 is 9.15 Å². The number of furan rings is 1. The van der Waals surface area contributed by atoms with Crippen molar-refractivity contribution in [3.63, 3.8) is 0 Å². The van der Waals surface area contributed by atoms with Gasteiger partial charge in [0.1, 0.15) is 18.1 Å². The van der Waals surface area contributed by atoms with Crippen molar-refractivity contribution in [1.29, 1.82) is 0 Å². The summed E-state index contributed by atoms with van der Waals surface area (Å²) < 4.78 is 11.7. The molecule has 1 saturated carbocycles. The van der Waals surface area contributed by atoms with E-state index in [9.17, 15) is 0 Å². The lowest BCUT2D eigenvalue weighted by Crippen LogP contribution is -2.22. The van der Waals surface area contributed by atoms with Gasteiger partial charge < -0.3 is 14.5 Å². The average molecular weight is 265 g/mol. The van der Waals surface area contributed by atoms with Crippen LogP contribution in [0, 0.1) is 5.92 Å². The SMILES string of the molecule is CCNCc1ccc(COC2CCCC(CC)C2)o1.